The van der Waals surface area contributed by atoms with E-state index in [0.29, 0.717) is 11.6 Å². The predicted molar refractivity (Wildman–Crippen MR) is 101 cm³/mol. The molecule has 140 valence electrons. The molecule has 0 heterocycles. The van der Waals surface area contributed by atoms with Crippen molar-refractivity contribution in [3.63, 3.8) is 0 Å². The number of benzene rings is 2. The standard InChI is InChI=1S/C18H21ClN2O4S/c1-3-25-16-6-4-5-14(11-16)12-20-18(22)13(2)21-26(23,24)17-9-7-15(19)8-10-17/h4-11,13,21H,3,12H2,1-2H3,(H,20,22)/t13-/m0/s1. The molecule has 2 aromatic carbocycles. The van der Waals surface area contributed by atoms with Gasteiger partial charge < -0.3 is 10.1 Å². The smallest absolute Gasteiger partial charge is 0.241 e. The lowest BCUT2D eigenvalue weighted by Crippen LogP contribution is -2.44. The van der Waals surface area contributed by atoms with Gasteiger partial charge in [0.2, 0.25) is 15.9 Å². The number of hydrogen-bond acceptors (Lipinski definition) is 4. The molecule has 0 saturated carbocycles. The number of halogens is 1. The Balaban J connectivity index is 1.95. The highest BCUT2D eigenvalue weighted by atomic mass is 35.5. The molecule has 0 unspecified atom stereocenters. The van der Waals surface area contributed by atoms with Gasteiger partial charge in [-0.25, -0.2) is 8.42 Å². The number of carbonyl (C=O) groups is 1. The molecule has 0 spiro atoms. The van der Waals surface area contributed by atoms with Crippen molar-refractivity contribution >= 4 is 27.5 Å². The van der Waals surface area contributed by atoms with Crippen LogP contribution in [-0.4, -0.2) is 27.0 Å². The number of amides is 1. The number of carbonyl (C=O) groups excluding carboxylic acids is 1. The quantitative estimate of drug-likeness (QED) is 0.718. The Morgan fingerprint density at radius 2 is 1.88 bits per heavy atom. The summed E-state index contributed by atoms with van der Waals surface area (Å²) in [5.74, 6) is 0.292. The van der Waals surface area contributed by atoms with Crippen molar-refractivity contribution in [2.75, 3.05) is 6.61 Å². The molecule has 2 N–H and O–H groups in total. The molecule has 0 aliphatic carbocycles. The minimum absolute atomic E-state index is 0.0472. The summed E-state index contributed by atoms with van der Waals surface area (Å²) < 4.78 is 32.4. The van der Waals surface area contributed by atoms with E-state index in [1.54, 1.807) is 0 Å². The highest BCUT2D eigenvalue weighted by Gasteiger charge is 2.21. The summed E-state index contributed by atoms with van der Waals surface area (Å²) in [4.78, 5) is 12.2. The van der Waals surface area contributed by atoms with Crippen LogP contribution in [0.4, 0.5) is 0 Å². The molecule has 0 aliphatic rings. The number of hydrogen-bond donors (Lipinski definition) is 2. The van der Waals surface area contributed by atoms with Gasteiger partial charge in [0.25, 0.3) is 0 Å². The fourth-order valence-corrected chi connectivity index (χ4v) is 3.55. The first kappa shape index (κ1) is 20.2. The molecule has 2 rings (SSSR count). The third kappa shape index (κ3) is 5.72. The van der Waals surface area contributed by atoms with Gasteiger partial charge in [0.05, 0.1) is 17.5 Å². The summed E-state index contributed by atoms with van der Waals surface area (Å²) in [5.41, 5.74) is 0.858. The molecule has 0 bridgehead atoms. The predicted octanol–water partition coefficient (Wildman–Crippen LogP) is 2.72. The number of ether oxygens (including phenoxy) is 1. The third-order valence-corrected chi connectivity index (χ3v) is 5.33. The zero-order valence-corrected chi connectivity index (χ0v) is 16.1. The molecule has 0 fully saturated rings. The SMILES string of the molecule is CCOc1cccc(CNC(=O)[C@H](C)NS(=O)(=O)c2ccc(Cl)cc2)c1. The van der Waals surface area contributed by atoms with Crippen LogP contribution in [0.15, 0.2) is 53.4 Å². The lowest BCUT2D eigenvalue weighted by Gasteiger charge is -2.15. The van der Waals surface area contributed by atoms with Crippen LogP contribution in [0.1, 0.15) is 19.4 Å². The van der Waals surface area contributed by atoms with E-state index in [4.69, 9.17) is 16.3 Å². The normalized spacial score (nSPS) is 12.4. The van der Waals surface area contributed by atoms with Crippen LogP contribution in [0.2, 0.25) is 5.02 Å². The second kappa shape index (κ2) is 9.02. The average molecular weight is 397 g/mol. The Morgan fingerprint density at radius 1 is 1.19 bits per heavy atom. The van der Waals surface area contributed by atoms with Crippen molar-refractivity contribution < 1.29 is 17.9 Å². The lowest BCUT2D eigenvalue weighted by molar-refractivity contribution is -0.122. The van der Waals surface area contributed by atoms with Crippen LogP contribution >= 0.6 is 11.6 Å². The van der Waals surface area contributed by atoms with Gasteiger partial charge in [0.15, 0.2) is 0 Å². The van der Waals surface area contributed by atoms with Crippen molar-refractivity contribution in [1.82, 2.24) is 10.0 Å². The summed E-state index contributed by atoms with van der Waals surface area (Å²) in [5, 5.41) is 3.14. The van der Waals surface area contributed by atoms with E-state index in [-0.39, 0.29) is 11.4 Å². The lowest BCUT2D eigenvalue weighted by atomic mass is 10.2. The highest BCUT2D eigenvalue weighted by Crippen LogP contribution is 2.15. The number of nitrogens with one attached hydrogen (secondary N) is 2. The maximum Gasteiger partial charge on any atom is 0.241 e. The molecular weight excluding hydrogens is 376 g/mol. The van der Waals surface area contributed by atoms with Crippen LogP contribution in [0, 0.1) is 0 Å². The van der Waals surface area contributed by atoms with E-state index in [1.807, 2.05) is 31.2 Å². The minimum Gasteiger partial charge on any atom is -0.494 e. The zero-order valence-electron chi connectivity index (χ0n) is 14.5. The van der Waals surface area contributed by atoms with E-state index >= 15 is 0 Å². The Morgan fingerprint density at radius 3 is 2.54 bits per heavy atom. The molecule has 26 heavy (non-hydrogen) atoms. The number of sulfonamides is 1. The van der Waals surface area contributed by atoms with E-state index in [2.05, 4.69) is 10.0 Å². The third-order valence-electron chi connectivity index (χ3n) is 3.53. The summed E-state index contributed by atoms with van der Waals surface area (Å²) in [6.45, 7) is 4.20. The zero-order chi connectivity index (χ0) is 19.2. The fourth-order valence-electron chi connectivity index (χ4n) is 2.22. The van der Waals surface area contributed by atoms with E-state index in [1.165, 1.54) is 31.2 Å². The minimum atomic E-state index is -3.81. The van der Waals surface area contributed by atoms with E-state index in [0.717, 1.165) is 11.3 Å². The van der Waals surface area contributed by atoms with Crippen LogP contribution < -0.4 is 14.8 Å². The summed E-state index contributed by atoms with van der Waals surface area (Å²) in [7, 11) is -3.81. The average Bonchev–Trinajstić information content (AvgIpc) is 2.60. The Bertz CT molecular complexity index is 854. The largest absolute Gasteiger partial charge is 0.494 e. The monoisotopic (exact) mass is 396 g/mol. The second-order valence-corrected chi connectivity index (χ2v) is 7.75. The number of rotatable bonds is 8. The van der Waals surface area contributed by atoms with Gasteiger partial charge in [0, 0.05) is 11.6 Å². The van der Waals surface area contributed by atoms with E-state index in [9.17, 15) is 13.2 Å². The Labute approximate surface area is 158 Å². The molecule has 0 saturated heterocycles. The summed E-state index contributed by atoms with van der Waals surface area (Å²) in [6.07, 6.45) is 0. The van der Waals surface area contributed by atoms with Crippen molar-refractivity contribution in [3.8, 4) is 5.75 Å². The first-order valence-electron chi connectivity index (χ1n) is 8.09. The van der Waals surface area contributed by atoms with Gasteiger partial charge in [-0.1, -0.05) is 23.7 Å². The van der Waals surface area contributed by atoms with Gasteiger partial charge in [-0.3, -0.25) is 4.79 Å². The molecule has 1 atom stereocenters. The Kier molecular flexibility index (Phi) is 7.02. The van der Waals surface area contributed by atoms with Crippen molar-refractivity contribution in [3.05, 3.63) is 59.1 Å². The first-order valence-corrected chi connectivity index (χ1v) is 9.95. The van der Waals surface area contributed by atoms with Gasteiger partial charge >= 0.3 is 0 Å². The fraction of sp³-hybridized carbons (Fsp3) is 0.278. The summed E-state index contributed by atoms with van der Waals surface area (Å²) in [6, 6.07) is 12.1. The molecule has 1 amide bonds. The van der Waals surface area contributed by atoms with E-state index < -0.39 is 22.0 Å². The molecule has 6 nitrogen and oxygen atoms in total. The van der Waals surface area contributed by atoms with Gasteiger partial charge in [-0.05, 0) is 55.8 Å². The molecular formula is C18H21ClN2O4S. The highest BCUT2D eigenvalue weighted by molar-refractivity contribution is 7.89. The molecule has 8 heteroatoms. The van der Waals surface area contributed by atoms with Gasteiger partial charge in [-0.15, -0.1) is 0 Å². The molecule has 2 aromatic rings. The first-order chi connectivity index (χ1) is 12.3. The topological polar surface area (TPSA) is 84.5 Å². The maximum atomic E-state index is 12.3. The van der Waals surface area contributed by atoms with Gasteiger partial charge in [0.1, 0.15) is 5.75 Å². The van der Waals surface area contributed by atoms with Gasteiger partial charge in [-0.2, -0.15) is 4.72 Å². The Hall–Kier alpha value is -2.09. The molecule has 0 radical (unpaired) electrons. The van der Waals surface area contributed by atoms with Crippen molar-refractivity contribution in [1.29, 1.82) is 0 Å². The second-order valence-electron chi connectivity index (χ2n) is 5.60. The summed E-state index contributed by atoms with van der Waals surface area (Å²) >= 11 is 5.76. The van der Waals surface area contributed by atoms with Crippen molar-refractivity contribution in [2.45, 2.75) is 31.3 Å². The maximum absolute atomic E-state index is 12.3. The van der Waals surface area contributed by atoms with Crippen LogP contribution in [-0.2, 0) is 21.4 Å². The molecule has 0 aromatic heterocycles. The van der Waals surface area contributed by atoms with Crippen LogP contribution in [0.3, 0.4) is 0 Å². The van der Waals surface area contributed by atoms with Crippen molar-refractivity contribution in [2.24, 2.45) is 0 Å². The van der Waals surface area contributed by atoms with Crippen LogP contribution in [0.5, 0.6) is 5.75 Å². The molecule has 0 aliphatic heterocycles. The van der Waals surface area contributed by atoms with Crippen LogP contribution in [0.25, 0.3) is 0 Å².